The molecule has 5 nitrogen and oxygen atoms in total. The summed E-state index contributed by atoms with van der Waals surface area (Å²) in [5.74, 6) is -0.524. The molecule has 0 unspecified atom stereocenters. The average Bonchev–Trinajstić information content (AvgIpc) is 3.29. The van der Waals surface area contributed by atoms with Crippen LogP contribution in [0, 0.1) is 6.92 Å². The molecule has 2 heterocycles. The Labute approximate surface area is 218 Å². The normalized spacial score (nSPS) is 12.4. The molecule has 3 aromatic carbocycles. The number of halogens is 3. The number of amides is 1. The van der Waals surface area contributed by atoms with Crippen LogP contribution in [0.25, 0.3) is 5.65 Å². The number of carbonyl (C=O) groups excluding carboxylic acids is 1. The van der Waals surface area contributed by atoms with Crippen molar-refractivity contribution in [2.24, 2.45) is 0 Å². The van der Waals surface area contributed by atoms with Crippen LogP contribution in [-0.2, 0) is 12.3 Å². The summed E-state index contributed by atoms with van der Waals surface area (Å²) in [5.41, 5.74) is -0.776. The first-order chi connectivity index (χ1) is 18.3. The topological polar surface area (TPSA) is 59.3 Å². The number of benzene rings is 3. The van der Waals surface area contributed by atoms with Crippen molar-refractivity contribution in [3.8, 4) is 0 Å². The van der Waals surface area contributed by atoms with Crippen LogP contribution >= 0.6 is 7.26 Å². The van der Waals surface area contributed by atoms with Crippen molar-refractivity contribution in [3.63, 3.8) is 0 Å². The first kappa shape index (κ1) is 25.6. The van der Waals surface area contributed by atoms with Crippen molar-refractivity contribution in [1.82, 2.24) is 19.9 Å². The van der Waals surface area contributed by atoms with E-state index in [1.165, 1.54) is 14.0 Å². The number of aryl methyl sites for hydroxylation is 1. The number of alkyl halides is 3. The van der Waals surface area contributed by atoms with Gasteiger partial charge in [0.15, 0.2) is 0 Å². The van der Waals surface area contributed by atoms with Crippen molar-refractivity contribution in [2.75, 3.05) is 7.05 Å². The Balaban J connectivity index is 1.82. The van der Waals surface area contributed by atoms with Crippen LogP contribution < -0.4 is 21.2 Å². The van der Waals surface area contributed by atoms with Crippen LogP contribution in [0.2, 0.25) is 0 Å². The second kappa shape index (κ2) is 10.0. The van der Waals surface area contributed by atoms with Gasteiger partial charge in [0, 0.05) is 0 Å². The summed E-state index contributed by atoms with van der Waals surface area (Å²) in [6.07, 6.45) is -4.25. The van der Waals surface area contributed by atoms with Gasteiger partial charge in [0.05, 0.1) is 0 Å². The van der Waals surface area contributed by atoms with Crippen LogP contribution in [-0.4, -0.2) is 27.6 Å². The molecule has 0 saturated heterocycles. The molecule has 194 valence electrons. The first-order valence-electron chi connectivity index (χ1n) is 12.1. The molecule has 5 rings (SSSR count). The van der Waals surface area contributed by atoms with E-state index >= 15 is 0 Å². The Morgan fingerprint density at radius 2 is 1.34 bits per heavy atom. The van der Waals surface area contributed by atoms with Gasteiger partial charge in [-0.1, -0.05) is 0 Å². The molecule has 0 aliphatic heterocycles. The van der Waals surface area contributed by atoms with E-state index in [1.807, 2.05) is 54.6 Å². The molecule has 0 radical (unpaired) electrons. The quantitative estimate of drug-likeness (QED) is 0.323. The second-order valence-corrected chi connectivity index (χ2v) is 13.0. The minimum absolute atomic E-state index is 0.0492. The second-order valence-electron chi connectivity index (χ2n) is 9.09. The first-order valence-corrected chi connectivity index (χ1v) is 14.3. The predicted octanol–water partition coefficient (Wildman–Crippen LogP) is 4.64. The van der Waals surface area contributed by atoms with Gasteiger partial charge in [0.25, 0.3) is 0 Å². The Morgan fingerprint density at radius 3 is 1.76 bits per heavy atom. The molecule has 0 aliphatic carbocycles. The number of hydrogen-bond acceptors (Lipinski definition) is 3. The van der Waals surface area contributed by atoms with Gasteiger partial charge < -0.3 is 0 Å². The Bertz CT molecular complexity index is 1490. The maximum absolute atomic E-state index is 13.7. The van der Waals surface area contributed by atoms with Gasteiger partial charge in [-0.15, -0.1) is 0 Å². The zero-order valence-electron chi connectivity index (χ0n) is 20.8. The van der Waals surface area contributed by atoms with Crippen molar-refractivity contribution < 1.29 is 18.0 Å². The molecule has 0 spiro atoms. The standard InChI is InChI=1S/C29H26F3N4OP/c1-20-26(29(30,31)32)34-27-25(28(37)33-2)18-21(35-36(20)27)19-38(22-12-6-3-7-13-22,23-14-8-4-9-15-23)24-16-10-5-11-17-24/h3-18,38H,19H2,1-2H3,(H,33,37). The van der Waals surface area contributed by atoms with Crippen molar-refractivity contribution in [1.29, 1.82) is 0 Å². The molecular weight excluding hydrogens is 508 g/mol. The SMILES string of the molecule is CNC(=O)c1cc(C[PH](c2ccccc2)(c2ccccc2)c2ccccc2)nn2c(C)c(C(F)(F)F)nc12. The molecule has 1 amide bonds. The third-order valence-electron chi connectivity index (χ3n) is 6.85. The Hall–Kier alpha value is -4.03. The molecule has 9 heteroatoms. The summed E-state index contributed by atoms with van der Waals surface area (Å²) < 4.78 is 42.4. The molecular formula is C29H26F3N4OP. The van der Waals surface area contributed by atoms with Gasteiger partial charge in [-0.3, -0.25) is 0 Å². The molecule has 1 N–H and O–H groups in total. The minimum atomic E-state index is -4.67. The fraction of sp³-hybridized carbons (Fsp3) is 0.138. The van der Waals surface area contributed by atoms with Gasteiger partial charge in [0.1, 0.15) is 0 Å². The van der Waals surface area contributed by atoms with Gasteiger partial charge >= 0.3 is 219 Å². The third-order valence-corrected chi connectivity index (χ3v) is 11.7. The maximum atomic E-state index is 13.7. The van der Waals surface area contributed by atoms with Gasteiger partial charge in [-0.05, 0) is 0 Å². The molecule has 5 aromatic rings. The number of imidazole rings is 1. The molecule has 0 saturated carbocycles. The van der Waals surface area contributed by atoms with E-state index in [4.69, 9.17) is 0 Å². The summed E-state index contributed by atoms with van der Waals surface area (Å²) >= 11 is 0. The van der Waals surface area contributed by atoms with Gasteiger partial charge in [0.2, 0.25) is 0 Å². The van der Waals surface area contributed by atoms with Crippen molar-refractivity contribution >= 4 is 34.7 Å². The van der Waals surface area contributed by atoms with Crippen LogP contribution in [0.4, 0.5) is 13.2 Å². The number of nitrogens with one attached hydrogen (secondary N) is 1. The summed E-state index contributed by atoms with van der Waals surface area (Å²) in [6, 6.07) is 32.0. The van der Waals surface area contributed by atoms with E-state index in [1.54, 1.807) is 6.07 Å². The van der Waals surface area contributed by atoms with Gasteiger partial charge in [-0.25, -0.2) is 0 Å². The Kier molecular flexibility index (Phi) is 6.76. The monoisotopic (exact) mass is 534 g/mol. The zero-order chi connectivity index (χ0) is 26.9. The van der Waals surface area contributed by atoms with E-state index in [-0.39, 0.29) is 16.9 Å². The molecule has 0 aliphatic rings. The van der Waals surface area contributed by atoms with E-state index in [0.29, 0.717) is 11.9 Å². The summed E-state index contributed by atoms with van der Waals surface area (Å²) in [4.78, 5) is 16.7. The van der Waals surface area contributed by atoms with E-state index < -0.39 is 25.0 Å². The molecule has 0 fully saturated rings. The summed E-state index contributed by atoms with van der Waals surface area (Å²) in [5, 5.41) is 10.6. The third kappa shape index (κ3) is 4.45. The van der Waals surface area contributed by atoms with E-state index in [2.05, 4.69) is 51.8 Å². The zero-order valence-corrected chi connectivity index (χ0v) is 21.8. The van der Waals surface area contributed by atoms with E-state index in [9.17, 15) is 18.0 Å². The van der Waals surface area contributed by atoms with Crippen molar-refractivity contribution in [2.45, 2.75) is 19.3 Å². The average molecular weight is 535 g/mol. The number of nitrogens with zero attached hydrogens (tertiary/aromatic N) is 3. The van der Waals surface area contributed by atoms with Crippen LogP contribution in [0.5, 0.6) is 0 Å². The van der Waals surface area contributed by atoms with Gasteiger partial charge in [-0.2, -0.15) is 0 Å². The fourth-order valence-corrected chi connectivity index (χ4v) is 9.69. The summed E-state index contributed by atoms with van der Waals surface area (Å²) in [6.45, 7) is 1.32. The molecule has 38 heavy (non-hydrogen) atoms. The Morgan fingerprint density at radius 1 is 0.868 bits per heavy atom. The number of fused-ring (bicyclic) bond motifs is 1. The van der Waals surface area contributed by atoms with Crippen LogP contribution in [0.15, 0.2) is 97.1 Å². The number of aromatic nitrogens is 3. The van der Waals surface area contributed by atoms with Crippen LogP contribution in [0.1, 0.15) is 27.4 Å². The molecule has 0 atom stereocenters. The molecule has 2 aromatic heterocycles. The molecule has 0 bridgehead atoms. The predicted molar refractivity (Wildman–Crippen MR) is 146 cm³/mol. The summed E-state index contributed by atoms with van der Waals surface area (Å²) in [7, 11) is -1.38. The van der Waals surface area contributed by atoms with Crippen molar-refractivity contribution in [3.05, 3.63) is 120 Å². The number of hydrogen-bond donors (Lipinski definition) is 1. The number of carbonyl (C=O) groups is 1. The fourth-order valence-electron chi connectivity index (χ4n) is 5.08. The number of rotatable bonds is 6. The van der Waals surface area contributed by atoms with E-state index in [0.717, 1.165) is 20.4 Å². The van der Waals surface area contributed by atoms with Crippen LogP contribution in [0.3, 0.4) is 0 Å².